The highest BCUT2D eigenvalue weighted by Crippen LogP contribution is 2.19. The molecule has 2 N–H and O–H groups in total. The van der Waals surface area contributed by atoms with Gasteiger partial charge in [0.2, 0.25) is 11.0 Å². The zero-order valence-electron chi connectivity index (χ0n) is 11.4. The Bertz CT molecular complexity index is 593. The molecule has 0 saturated carbocycles. The summed E-state index contributed by atoms with van der Waals surface area (Å²) in [5.74, 6) is -0.379. The molecule has 21 heavy (non-hydrogen) atoms. The molecule has 114 valence electrons. The number of hydrogen-bond acceptors (Lipinski definition) is 5. The van der Waals surface area contributed by atoms with Crippen LogP contribution in [-0.4, -0.2) is 29.7 Å². The van der Waals surface area contributed by atoms with E-state index in [2.05, 4.69) is 20.8 Å². The third-order valence-electron chi connectivity index (χ3n) is 2.61. The van der Waals surface area contributed by atoms with Crippen LogP contribution in [0.2, 0.25) is 0 Å². The Morgan fingerprint density at radius 2 is 2.10 bits per heavy atom. The van der Waals surface area contributed by atoms with Crippen LogP contribution in [0.15, 0.2) is 24.3 Å². The fourth-order valence-electron chi connectivity index (χ4n) is 1.60. The van der Waals surface area contributed by atoms with Crippen LogP contribution in [0.25, 0.3) is 0 Å². The molecule has 1 aromatic heterocycles. The normalized spacial score (nSPS) is 10.0. The fourth-order valence-corrected chi connectivity index (χ4v) is 2.38. The van der Waals surface area contributed by atoms with E-state index in [0.29, 0.717) is 35.1 Å². The van der Waals surface area contributed by atoms with Gasteiger partial charge in [-0.1, -0.05) is 29.5 Å². The van der Waals surface area contributed by atoms with Crippen molar-refractivity contribution in [2.24, 2.45) is 0 Å². The number of benzene rings is 1. The van der Waals surface area contributed by atoms with E-state index in [1.807, 2.05) is 0 Å². The lowest BCUT2D eigenvalue weighted by Gasteiger charge is -2.00. The van der Waals surface area contributed by atoms with Crippen molar-refractivity contribution in [2.75, 3.05) is 18.9 Å². The first-order valence-corrected chi connectivity index (χ1v) is 7.01. The minimum atomic E-state index is -0.262. The summed E-state index contributed by atoms with van der Waals surface area (Å²) in [5.41, 5.74) is 0.566. The number of aromatic nitrogens is 2. The maximum Gasteiger partial charge on any atom is 0.227 e. The number of nitrogens with zero attached hydrogens (tertiary/aromatic N) is 2. The second-order valence-corrected chi connectivity index (χ2v) is 5.23. The van der Waals surface area contributed by atoms with Crippen LogP contribution in [0.3, 0.4) is 0 Å². The maximum absolute atomic E-state index is 13.5. The van der Waals surface area contributed by atoms with Crippen molar-refractivity contribution in [2.45, 2.75) is 12.8 Å². The van der Waals surface area contributed by atoms with Gasteiger partial charge in [-0.15, -0.1) is 22.6 Å². The van der Waals surface area contributed by atoms with E-state index >= 15 is 0 Å². The molecule has 0 atom stereocenters. The number of rotatable bonds is 6. The first kappa shape index (κ1) is 17.5. The van der Waals surface area contributed by atoms with E-state index in [1.54, 1.807) is 25.2 Å². The molecule has 0 saturated heterocycles. The van der Waals surface area contributed by atoms with E-state index in [-0.39, 0.29) is 24.1 Å². The molecule has 1 amide bonds. The fraction of sp³-hybridized carbons (Fsp3) is 0.308. The number of anilines is 1. The van der Waals surface area contributed by atoms with Crippen molar-refractivity contribution in [3.8, 4) is 0 Å². The highest BCUT2D eigenvalue weighted by molar-refractivity contribution is 7.15. The Morgan fingerprint density at radius 3 is 2.81 bits per heavy atom. The smallest absolute Gasteiger partial charge is 0.227 e. The van der Waals surface area contributed by atoms with Gasteiger partial charge in [-0.25, -0.2) is 4.39 Å². The minimum absolute atomic E-state index is 0. The third-order valence-corrected chi connectivity index (χ3v) is 3.45. The molecule has 2 rings (SSSR count). The van der Waals surface area contributed by atoms with Gasteiger partial charge in [0, 0.05) is 19.4 Å². The lowest BCUT2D eigenvalue weighted by atomic mass is 10.1. The summed E-state index contributed by atoms with van der Waals surface area (Å²) in [6.07, 6.45) is 0.745. The van der Waals surface area contributed by atoms with Gasteiger partial charge in [0.25, 0.3) is 0 Å². The largest absolute Gasteiger partial charge is 0.319 e. The van der Waals surface area contributed by atoms with Gasteiger partial charge in [-0.05, 0) is 18.7 Å². The topological polar surface area (TPSA) is 66.9 Å². The van der Waals surface area contributed by atoms with Crippen LogP contribution in [0.5, 0.6) is 0 Å². The maximum atomic E-state index is 13.5. The Balaban J connectivity index is 0.00000220. The van der Waals surface area contributed by atoms with Crippen molar-refractivity contribution in [1.82, 2.24) is 15.5 Å². The predicted molar refractivity (Wildman–Crippen MR) is 83.5 cm³/mol. The standard InChI is InChI=1S/C13H15FN4OS.ClH/c1-15-7-6-11(19)16-13-18-17-12(20-13)8-9-4-2-3-5-10(9)14;/h2-5,15H,6-8H2,1H3,(H,16,18,19);1H. The molecule has 0 bridgehead atoms. The average molecular weight is 331 g/mol. The molecule has 0 aliphatic heterocycles. The second-order valence-electron chi connectivity index (χ2n) is 4.17. The number of carbonyl (C=O) groups excluding carboxylic acids is 1. The molecule has 0 unspecified atom stereocenters. The average Bonchev–Trinajstić information content (AvgIpc) is 2.86. The molecule has 1 heterocycles. The number of carbonyl (C=O) groups is 1. The van der Waals surface area contributed by atoms with E-state index < -0.39 is 0 Å². The second kappa shape index (κ2) is 8.66. The summed E-state index contributed by atoms with van der Waals surface area (Å²) in [7, 11) is 1.78. The van der Waals surface area contributed by atoms with Crippen molar-refractivity contribution in [3.05, 3.63) is 40.7 Å². The van der Waals surface area contributed by atoms with Crippen molar-refractivity contribution in [1.29, 1.82) is 0 Å². The molecule has 1 aromatic carbocycles. The zero-order chi connectivity index (χ0) is 14.4. The Morgan fingerprint density at radius 1 is 1.33 bits per heavy atom. The van der Waals surface area contributed by atoms with Crippen molar-refractivity contribution < 1.29 is 9.18 Å². The van der Waals surface area contributed by atoms with E-state index in [1.165, 1.54) is 17.4 Å². The molecular weight excluding hydrogens is 315 g/mol. The molecular formula is C13H16ClFN4OS. The lowest BCUT2D eigenvalue weighted by molar-refractivity contribution is -0.116. The molecule has 2 aromatic rings. The van der Waals surface area contributed by atoms with Crippen LogP contribution >= 0.6 is 23.7 Å². The van der Waals surface area contributed by atoms with Gasteiger partial charge in [-0.3, -0.25) is 4.79 Å². The van der Waals surface area contributed by atoms with Crippen LogP contribution in [-0.2, 0) is 11.2 Å². The van der Waals surface area contributed by atoms with Gasteiger partial charge in [0.1, 0.15) is 10.8 Å². The summed E-state index contributed by atoms with van der Waals surface area (Å²) >= 11 is 1.26. The number of amides is 1. The van der Waals surface area contributed by atoms with Crippen LogP contribution < -0.4 is 10.6 Å². The summed E-state index contributed by atoms with van der Waals surface area (Å²) in [5, 5.41) is 14.5. The zero-order valence-corrected chi connectivity index (χ0v) is 13.1. The molecule has 0 radical (unpaired) electrons. The third kappa shape index (κ3) is 5.37. The summed E-state index contributed by atoms with van der Waals surface area (Å²) in [6, 6.07) is 6.55. The Hall–Kier alpha value is -1.57. The van der Waals surface area contributed by atoms with Crippen LogP contribution in [0.4, 0.5) is 9.52 Å². The van der Waals surface area contributed by atoms with Gasteiger partial charge in [0.15, 0.2) is 0 Å². The van der Waals surface area contributed by atoms with E-state index in [9.17, 15) is 9.18 Å². The monoisotopic (exact) mass is 330 g/mol. The number of halogens is 2. The summed E-state index contributed by atoms with van der Waals surface area (Å²) < 4.78 is 13.5. The van der Waals surface area contributed by atoms with E-state index in [0.717, 1.165) is 0 Å². The van der Waals surface area contributed by atoms with Crippen LogP contribution in [0, 0.1) is 5.82 Å². The highest BCUT2D eigenvalue weighted by atomic mass is 35.5. The highest BCUT2D eigenvalue weighted by Gasteiger charge is 2.10. The number of hydrogen-bond donors (Lipinski definition) is 2. The molecule has 0 aliphatic rings. The first-order valence-electron chi connectivity index (χ1n) is 6.19. The Kier molecular flexibility index (Phi) is 7.21. The minimum Gasteiger partial charge on any atom is -0.319 e. The lowest BCUT2D eigenvalue weighted by Crippen LogP contribution is -2.18. The SMILES string of the molecule is CNCCC(=O)Nc1nnc(Cc2ccccc2F)s1.Cl. The van der Waals surface area contributed by atoms with Gasteiger partial charge in [0.05, 0.1) is 0 Å². The molecule has 0 spiro atoms. The quantitative estimate of drug-likeness (QED) is 0.852. The number of nitrogens with one attached hydrogen (secondary N) is 2. The van der Waals surface area contributed by atoms with Crippen molar-refractivity contribution in [3.63, 3.8) is 0 Å². The molecule has 8 heteroatoms. The van der Waals surface area contributed by atoms with Gasteiger partial charge in [-0.2, -0.15) is 0 Å². The molecule has 5 nitrogen and oxygen atoms in total. The Labute approximate surface area is 132 Å². The van der Waals surface area contributed by atoms with Crippen molar-refractivity contribution >= 4 is 34.8 Å². The van der Waals surface area contributed by atoms with Gasteiger partial charge >= 0.3 is 0 Å². The first-order chi connectivity index (χ1) is 9.69. The predicted octanol–water partition coefficient (Wildman–Crippen LogP) is 2.24. The van der Waals surface area contributed by atoms with E-state index in [4.69, 9.17) is 0 Å². The van der Waals surface area contributed by atoms with Crippen LogP contribution in [0.1, 0.15) is 17.0 Å². The van der Waals surface area contributed by atoms with Gasteiger partial charge < -0.3 is 10.6 Å². The molecule has 0 fully saturated rings. The molecule has 0 aliphatic carbocycles. The summed E-state index contributed by atoms with van der Waals surface area (Å²) in [4.78, 5) is 11.5. The summed E-state index contributed by atoms with van der Waals surface area (Å²) in [6.45, 7) is 0.604.